The van der Waals surface area contributed by atoms with Crippen molar-refractivity contribution in [3.05, 3.63) is 50.9 Å². The molecule has 1 N–H and O–H groups in total. The maximum absolute atomic E-state index is 12.0. The summed E-state index contributed by atoms with van der Waals surface area (Å²) < 4.78 is 49.7. The van der Waals surface area contributed by atoms with Crippen molar-refractivity contribution in [1.82, 2.24) is 9.11 Å². The molecule has 1 aromatic heterocycles. The van der Waals surface area contributed by atoms with E-state index >= 15 is 0 Å². The average molecular weight is 395 g/mol. The summed E-state index contributed by atoms with van der Waals surface area (Å²) in [5.74, 6) is -0.767. The monoisotopic (exact) mass is 394 g/mol. The molecule has 0 bridgehead atoms. The zero-order valence-corrected chi connectivity index (χ0v) is 15.4. The van der Waals surface area contributed by atoms with Gasteiger partial charge in [0.25, 0.3) is 0 Å². The Morgan fingerprint density at radius 2 is 1.96 bits per heavy atom. The quantitative estimate of drug-likeness (QED) is 0.776. The van der Waals surface area contributed by atoms with Gasteiger partial charge in [-0.2, -0.15) is 0 Å². The highest BCUT2D eigenvalue weighted by molar-refractivity contribution is 8.04. The molecule has 1 heterocycles. The maximum atomic E-state index is 12.0. The van der Waals surface area contributed by atoms with Crippen molar-refractivity contribution in [2.45, 2.75) is 19.1 Å². The number of aryl methyl sites for hydroxylation is 2. The summed E-state index contributed by atoms with van der Waals surface area (Å²) in [5.41, 5.74) is 2.80. The highest BCUT2D eigenvalue weighted by Crippen LogP contribution is 2.15. The van der Waals surface area contributed by atoms with Crippen LogP contribution in [-0.4, -0.2) is 27.6 Å². The minimum atomic E-state index is -4.02. The molecule has 10 heteroatoms. The van der Waals surface area contributed by atoms with E-state index in [4.69, 9.17) is 11.6 Å². The summed E-state index contributed by atoms with van der Waals surface area (Å²) in [6, 6.07) is 6.26. The summed E-state index contributed by atoms with van der Waals surface area (Å²) in [6.45, 7) is 1.78. The molecule has 0 atom stereocenters. The number of hydrogen-bond donors (Lipinski definition) is 1. The van der Waals surface area contributed by atoms with Gasteiger partial charge in [0.15, 0.2) is 0 Å². The molecule has 0 saturated carbocycles. The second-order valence-corrected chi connectivity index (χ2v) is 10.1. The lowest BCUT2D eigenvalue weighted by atomic mass is 10.2. The molecular formula is C13H15ClN2O4S3. The van der Waals surface area contributed by atoms with E-state index in [9.17, 15) is 16.8 Å². The van der Waals surface area contributed by atoms with Gasteiger partial charge in [-0.3, -0.25) is 0 Å². The Kier molecular flexibility index (Phi) is 5.79. The lowest BCUT2D eigenvalue weighted by Gasteiger charge is -2.08. The van der Waals surface area contributed by atoms with Crippen molar-refractivity contribution in [3.63, 3.8) is 0 Å². The molecule has 0 saturated heterocycles. The number of aromatic nitrogens is 1. The summed E-state index contributed by atoms with van der Waals surface area (Å²) in [4.78, 5) is 4.85. The molecule has 0 spiro atoms. The normalized spacial score (nSPS) is 12.4. The van der Waals surface area contributed by atoms with Crippen LogP contribution in [0.2, 0.25) is 5.02 Å². The summed E-state index contributed by atoms with van der Waals surface area (Å²) in [7, 11) is -7.97. The van der Waals surface area contributed by atoms with Gasteiger partial charge in [-0.1, -0.05) is 23.7 Å². The van der Waals surface area contributed by atoms with Crippen LogP contribution in [0.25, 0.3) is 0 Å². The zero-order valence-electron chi connectivity index (χ0n) is 12.2. The highest BCUT2D eigenvalue weighted by atomic mass is 35.5. The fraction of sp³-hybridized carbons (Fsp3) is 0.308. The van der Waals surface area contributed by atoms with Crippen molar-refractivity contribution in [2.75, 3.05) is 5.75 Å². The van der Waals surface area contributed by atoms with Crippen LogP contribution in [0.1, 0.15) is 16.1 Å². The minimum absolute atomic E-state index is 0.221. The SMILES string of the molecule is Cc1ncsc1CCS(=O)(=O)NS(=O)(=O)Cc1cccc(Cl)c1. The van der Waals surface area contributed by atoms with Crippen molar-refractivity contribution >= 4 is 43.0 Å². The fourth-order valence-electron chi connectivity index (χ4n) is 1.90. The van der Waals surface area contributed by atoms with Crippen LogP contribution in [0.5, 0.6) is 0 Å². The highest BCUT2D eigenvalue weighted by Gasteiger charge is 2.21. The smallest absolute Gasteiger partial charge is 0.228 e. The molecule has 23 heavy (non-hydrogen) atoms. The van der Waals surface area contributed by atoms with E-state index in [2.05, 4.69) is 4.98 Å². The number of halogens is 1. The number of benzene rings is 1. The topological polar surface area (TPSA) is 93.2 Å². The average Bonchev–Trinajstić information content (AvgIpc) is 2.80. The molecule has 2 rings (SSSR count). The van der Waals surface area contributed by atoms with E-state index in [0.29, 0.717) is 10.6 Å². The van der Waals surface area contributed by atoms with Gasteiger partial charge >= 0.3 is 0 Å². The molecule has 0 aliphatic rings. The van der Waals surface area contributed by atoms with Gasteiger partial charge in [-0.25, -0.2) is 21.8 Å². The minimum Gasteiger partial charge on any atom is -0.250 e. The fourth-order valence-corrected chi connectivity index (χ4v) is 6.24. The van der Waals surface area contributed by atoms with E-state index in [1.807, 2.05) is 0 Å². The Labute approximate surface area is 144 Å². The van der Waals surface area contributed by atoms with Gasteiger partial charge in [0.2, 0.25) is 20.0 Å². The third-order valence-corrected chi connectivity index (χ3v) is 7.66. The van der Waals surface area contributed by atoms with Crippen LogP contribution in [0.4, 0.5) is 0 Å². The molecule has 6 nitrogen and oxygen atoms in total. The van der Waals surface area contributed by atoms with Gasteiger partial charge in [-0.05, 0) is 31.0 Å². The van der Waals surface area contributed by atoms with Gasteiger partial charge in [0.05, 0.1) is 22.7 Å². The molecule has 0 unspecified atom stereocenters. The third-order valence-electron chi connectivity index (χ3n) is 2.94. The van der Waals surface area contributed by atoms with Crippen LogP contribution in [0, 0.1) is 6.92 Å². The molecule has 0 amide bonds. The number of rotatable bonds is 7. The van der Waals surface area contributed by atoms with Crippen LogP contribution in [0.3, 0.4) is 0 Å². The molecule has 0 fully saturated rings. The Morgan fingerprint density at radius 1 is 1.22 bits per heavy atom. The largest absolute Gasteiger partial charge is 0.250 e. The first-order valence-electron chi connectivity index (χ1n) is 6.54. The molecular weight excluding hydrogens is 380 g/mol. The number of nitrogens with zero attached hydrogens (tertiary/aromatic N) is 1. The van der Waals surface area contributed by atoms with Crippen molar-refractivity contribution < 1.29 is 16.8 Å². The number of hydrogen-bond acceptors (Lipinski definition) is 6. The molecule has 2 aromatic rings. The third kappa shape index (κ3) is 5.85. The van der Waals surface area contributed by atoms with Crippen molar-refractivity contribution in [3.8, 4) is 0 Å². The predicted molar refractivity (Wildman–Crippen MR) is 91.6 cm³/mol. The zero-order chi connectivity index (χ0) is 17.1. The van der Waals surface area contributed by atoms with Crippen LogP contribution >= 0.6 is 22.9 Å². The van der Waals surface area contributed by atoms with Gasteiger partial charge in [0.1, 0.15) is 0 Å². The van der Waals surface area contributed by atoms with E-state index in [-0.39, 0.29) is 12.2 Å². The van der Waals surface area contributed by atoms with Crippen molar-refractivity contribution in [2.24, 2.45) is 0 Å². The summed E-state index contributed by atoms with van der Waals surface area (Å²) >= 11 is 7.14. The second kappa shape index (κ2) is 7.27. The van der Waals surface area contributed by atoms with Crippen LogP contribution < -0.4 is 4.13 Å². The number of thiazole rings is 1. The Bertz CT molecular complexity index is 891. The molecule has 0 aliphatic carbocycles. The number of sulfonamides is 2. The summed E-state index contributed by atoms with van der Waals surface area (Å²) in [6.07, 6.45) is 0.221. The predicted octanol–water partition coefficient (Wildman–Crippen LogP) is 2.10. The van der Waals surface area contributed by atoms with Gasteiger partial charge < -0.3 is 0 Å². The first-order chi connectivity index (χ1) is 10.7. The molecule has 0 radical (unpaired) electrons. The second-order valence-electron chi connectivity index (χ2n) is 4.90. The molecule has 126 valence electrons. The maximum Gasteiger partial charge on any atom is 0.228 e. The standard InChI is InChI=1S/C13H15ClN2O4S3/c1-10-13(21-9-15-10)5-6-22(17,18)16-23(19,20)8-11-3-2-4-12(14)7-11/h2-4,7,9,16H,5-6,8H2,1H3. The lowest BCUT2D eigenvalue weighted by molar-refractivity contribution is 0.576. The van der Waals surface area contributed by atoms with Gasteiger partial charge in [-0.15, -0.1) is 15.5 Å². The van der Waals surface area contributed by atoms with Crippen LogP contribution in [-0.2, 0) is 32.2 Å². The Balaban J connectivity index is 2.02. The van der Waals surface area contributed by atoms with E-state index in [1.54, 1.807) is 34.8 Å². The number of nitrogens with one attached hydrogen (secondary N) is 1. The Morgan fingerprint density at radius 3 is 2.57 bits per heavy atom. The lowest BCUT2D eigenvalue weighted by Crippen LogP contribution is -2.34. The van der Waals surface area contributed by atoms with E-state index in [1.165, 1.54) is 17.4 Å². The first kappa shape index (κ1) is 18.3. The Hall–Kier alpha value is -1.00. The van der Waals surface area contributed by atoms with Gasteiger partial charge in [0, 0.05) is 9.90 Å². The first-order valence-corrected chi connectivity index (χ1v) is 11.1. The van der Waals surface area contributed by atoms with E-state index in [0.717, 1.165) is 10.6 Å². The molecule has 0 aliphatic heterocycles. The van der Waals surface area contributed by atoms with E-state index < -0.39 is 25.8 Å². The van der Waals surface area contributed by atoms with Crippen LogP contribution in [0.15, 0.2) is 29.8 Å². The molecule has 1 aromatic carbocycles. The van der Waals surface area contributed by atoms with Crippen molar-refractivity contribution in [1.29, 1.82) is 0 Å². The summed E-state index contributed by atoms with van der Waals surface area (Å²) in [5, 5.41) is 0.390.